The Hall–Kier alpha value is -3.54. The van der Waals surface area contributed by atoms with E-state index < -0.39 is 11.7 Å². The van der Waals surface area contributed by atoms with Gasteiger partial charge in [0.2, 0.25) is 0 Å². The van der Waals surface area contributed by atoms with Crippen molar-refractivity contribution >= 4 is 10.8 Å². The quantitative estimate of drug-likeness (QED) is 0.217. The lowest BCUT2D eigenvalue weighted by Crippen LogP contribution is -2.04. The van der Waals surface area contributed by atoms with E-state index in [1.165, 1.54) is 12.1 Å². The molecule has 33 heavy (non-hydrogen) atoms. The average Bonchev–Trinajstić information content (AvgIpc) is 2.82. The van der Waals surface area contributed by atoms with Gasteiger partial charge in [-0.25, -0.2) is 14.4 Å². The third-order valence-corrected chi connectivity index (χ3v) is 5.60. The molecule has 0 aliphatic rings. The van der Waals surface area contributed by atoms with Gasteiger partial charge in [-0.05, 0) is 66.0 Å². The number of alkyl halides is 3. The van der Waals surface area contributed by atoms with Gasteiger partial charge in [0, 0.05) is 23.3 Å². The molecule has 4 aromatic rings. The van der Waals surface area contributed by atoms with Crippen molar-refractivity contribution in [2.75, 3.05) is 0 Å². The number of halogens is 4. The Morgan fingerprint density at radius 2 is 1.55 bits per heavy atom. The van der Waals surface area contributed by atoms with E-state index in [0.29, 0.717) is 29.6 Å². The van der Waals surface area contributed by atoms with Crippen LogP contribution in [0.5, 0.6) is 0 Å². The van der Waals surface area contributed by atoms with E-state index in [2.05, 4.69) is 16.5 Å². The van der Waals surface area contributed by atoms with Gasteiger partial charge in [-0.2, -0.15) is 13.2 Å². The monoisotopic (exact) mass is 450 g/mol. The summed E-state index contributed by atoms with van der Waals surface area (Å²) in [7, 11) is 0. The maximum atomic E-state index is 15.1. The average molecular weight is 450 g/mol. The van der Waals surface area contributed by atoms with Crippen LogP contribution in [0.15, 0.2) is 79.6 Å². The van der Waals surface area contributed by atoms with E-state index in [1.807, 2.05) is 18.2 Å². The smallest absolute Gasteiger partial charge is 0.236 e. The molecule has 0 spiro atoms. The number of rotatable bonds is 7. The minimum Gasteiger partial charge on any atom is -0.236 e. The highest BCUT2D eigenvalue weighted by Crippen LogP contribution is 2.30. The maximum absolute atomic E-state index is 15.1. The summed E-state index contributed by atoms with van der Waals surface area (Å²) in [6.45, 7) is 3.71. The summed E-state index contributed by atoms with van der Waals surface area (Å²) in [4.78, 5) is 8.85. The maximum Gasteiger partial charge on any atom is 0.416 e. The van der Waals surface area contributed by atoms with E-state index in [0.717, 1.165) is 47.1 Å². The lowest BCUT2D eigenvalue weighted by Gasteiger charge is -2.10. The first-order chi connectivity index (χ1) is 15.8. The summed E-state index contributed by atoms with van der Waals surface area (Å²) in [5, 5.41) is 1.23. The fourth-order valence-electron chi connectivity index (χ4n) is 3.71. The zero-order chi connectivity index (χ0) is 23.4. The molecule has 0 amide bonds. The van der Waals surface area contributed by atoms with E-state index in [1.54, 1.807) is 30.6 Å². The van der Waals surface area contributed by atoms with Crippen molar-refractivity contribution in [3.05, 3.63) is 108 Å². The molecule has 0 atom stereocenters. The number of aryl methyl sites for hydroxylation is 3. The van der Waals surface area contributed by atoms with Gasteiger partial charge in [0.1, 0.15) is 5.82 Å². The van der Waals surface area contributed by atoms with Gasteiger partial charge in [-0.3, -0.25) is 0 Å². The van der Waals surface area contributed by atoms with Crippen LogP contribution in [0, 0.1) is 5.82 Å². The Kier molecular flexibility index (Phi) is 6.54. The van der Waals surface area contributed by atoms with Crippen LogP contribution in [0.3, 0.4) is 0 Å². The fourth-order valence-corrected chi connectivity index (χ4v) is 3.71. The van der Waals surface area contributed by atoms with Crippen molar-refractivity contribution < 1.29 is 17.6 Å². The molecule has 4 rings (SSSR count). The Labute approximate surface area is 189 Å². The summed E-state index contributed by atoms with van der Waals surface area (Å²) in [6, 6.07) is 13.9. The first-order valence-electron chi connectivity index (χ1n) is 10.6. The predicted octanol–water partition coefficient (Wildman–Crippen LogP) is 7.36. The molecule has 2 nitrogen and oxygen atoms in total. The summed E-state index contributed by atoms with van der Waals surface area (Å²) in [5.74, 6) is 0.262. The van der Waals surface area contributed by atoms with Crippen LogP contribution in [0.1, 0.15) is 28.7 Å². The van der Waals surface area contributed by atoms with Gasteiger partial charge in [-0.15, -0.1) is 6.58 Å². The number of aromatic nitrogens is 2. The molecule has 0 fully saturated rings. The summed E-state index contributed by atoms with van der Waals surface area (Å²) < 4.78 is 53.2. The molecule has 0 unspecified atom stereocenters. The van der Waals surface area contributed by atoms with Crippen molar-refractivity contribution in [2.24, 2.45) is 0 Å². The molecule has 0 bridgehead atoms. The van der Waals surface area contributed by atoms with Gasteiger partial charge >= 0.3 is 6.18 Å². The van der Waals surface area contributed by atoms with Crippen molar-refractivity contribution in [1.29, 1.82) is 0 Å². The largest absolute Gasteiger partial charge is 0.416 e. The van der Waals surface area contributed by atoms with E-state index >= 15 is 4.39 Å². The molecule has 0 aliphatic heterocycles. The Bertz CT molecular complexity index is 1260. The highest BCUT2D eigenvalue weighted by molar-refractivity contribution is 5.87. The van der Waals surface area contributed by atoms with Crippen LogP contribution in [0.2, 0.25) is 0 Å². The standard InChI is InChI=1S/C27H22F4N2/c1-2-3-4-19-16-32-26(33-17-19)22-11-14-24-21(15-22)10-9-20(25(24)28)8-5-18-6-12-23(13-7-18)27(29,30)31/h2,6-7,9-17H,1,3-5,8H2. The molecular formula is C27H22F4N2. The Balaban J connectivity index is 1.50. The van der Waals surface area contributed by atoms with Crippen LogP contribution in [-0.4, -0.2) is 9.97 Å². The summed E-state index contributed by atoms with van der Waals surface area (Å²) in [6.07, 6.45) is 3.61. The van der Waals surface area contributed by atoms with Gasteiger partial charge < -0.3 is 0 Å². The van der Waals surface area contributed by atoms with Crippen LogP contribution >= 0.6 is 0 Å². The van der Waals surface area contributed by atoms with Crippen molar-refractivity contribution in [1.82, 2.24) is 9.97 Å². The van der Waals surface area contributed by atoms with Gasteiger partial charge in [0.05, 0.1) is 5.56 Å². The fraction of sp³-hybridized carbons (Fsp3) is 0.185. The molecule has 6 heteroatoms. The Morgan fingerprint density at radius 3 is 2.21 bits per heavy atom. The molecule has 1 aromatic heterocycles. The van der Waals surface area contributed by atoms with Crippen molar-refractivity contribution in [2.45, 2.75) is 31.9 Å². The number of benzene rings is 3. The predicted molar refractivity (Wildman–Crippen MR) is 122 cm³/mol. The SMILES string of the molecule is C=CCCc1cnc(-c2ccc3c(F)c(CCc4ccc(C(F)(F)F)cc4)ccc3c2)nc1. The zero-order valence-corrected chi connectivity index (χ0v) is 17.9. The lowest BCUT2D eigenvalue weighted by molar-refractivity contribution is -0.137. The molecule has 3 aromatic carbocycles. The van der Waals surface area contributed by atoms with Gasteiger partial charge in [0.15, 0.2) is 5.82 Å². The molecule has 0 N–H and O–H groups in total. The highest BCUT2D eigenvalue weighted by Gasteiger charge is 2.29. The second-order valence-electron chi connectivity index (χ2n) is 7.91. The van der Waals surface area contributed by atoms with Gasteiger partial charge in [-0.1, -0.05) is 42.5 Å². The molecule has 0 aliphatic carbocycles. The molecular weight excluding hydrogens is 428 g/mol. The minimum atomic E-state index is -4.36. The second-order valence-corrected chi connectivity index (χ2v) is 7.91. The topological polar surface area (TPSA) is 25.8 Å². The highest BCUT2D eigenvalue weighted by atomic mass is 19.4. The second kappa shape index (κ2) is 9.53. The number of nitrogens with zero attached hydrogens (tertiary/aromatic N) is 2. The lowest BCUT2D eigenvalue weighted by atomic mass is 9.98. The molecule has 0 radical (unpaired) electrons. The van der Waals surface area contributed by atoms with Crippen LogP contribution in [0.4, 0.5) is 17.6 Å². The van der Waals surface area contributed by atoms with Gasteiger partial charge in [0.25, 0.3) is 0 Å². The minimum absolute atomic E-state index is 0.313. The number of hydrogen-bond donors (Lipinski definition) is 0. The third-order valence-electron chi connectivity index (χ3n) is 5.60. The molecule has 0 saturated carbocycles. The molecule has 1 heterocycles. The normalized spacial score (nSPS) is 11.6. The summed E-state index contributed by atoms with van der Waals surface area (Å²) >= 11 is 0. The summed E-state index contributed by atoms with van der Waals surface area (Å²) in [5.41, 5.74) is 2.40. The van der Waals surface area contributed by atoms with E-state index in [9.17, 15) is 13.2 Å². The molecule has 0 saturated heterocycles. The first kappa shape index (κ1) is 22.6. The first-order valence-corrected chi connectivity index (χ1v) is 10.6. The Morgan fingerprint density at radius 1 is 0.818 bits per heavy atom. The number of fused-ring (bicyclic) bond motifs is 1. The van der Waals surface area contributed by atoms with Crippen molar-refractivity contribution in [3.8, 4) is 11.4 Å². The number of hydrogen-bond acceptors (Lipinski definition) is 2. The van der Waals surface area contributed by atoms with Crippen LogP contribution in [-0.2, 0) is 25.4 Å². The number of allylic oxidation sites excluding steroid dienone is 1. The zero-order valence-electron chi connectivity index (χ0n) is 17.9. The third kappa shape index (κ3) is 5.28. The van der Waals surface area contributed by atoms with E-state index in [-0.39, 0.29) is 5.82 Å². The van der Waals surface area contributed by atoms with Crippen LogP contribution < -0.4 is 0 Å². The molecule has 168 valence electrons. The van der Waals surface area contributed by atoms with Crippen molar-refractivity contribution in [3.63, 3.8) is 0 Å². The van der Waals surface area contributed by atoms with Crippen LogP contribution in [0.25, 0.3) is 22.2 Å². The van der Waals surface area contributed by atoms with E-state index in [4.69, 9.17) is 0 Å².